The molecule has 0 spiro atoms. The summed E-state index contributed by atoms with van der Waals surface area (Å²) < 4.78 is 28.4. The highest BCUT2D eigenvalue weighted by molar-refractivity contribution is 5.97. The standard InChI is InChI=1S/C32H26FN7O5/c33-26-10-6-21-13-25(26)31(42)35-27-16-39(32(43)22-7-11-29-36-37-38-40(29)15-22)17-28(27)45-23-8-4-19(5-9-23)14-34-30(41)18-44-24-3-1-2-20(21)12-24/h1-13,15,27-28H,14,16-18H2,(H,34,41)(H,35,42)/t27-,28-/m0/s1. The molecule has 2 N–H and O–H groups in total. The van der Waals surface area contributed by atoms with Crippen molar-refractivity contribution in [1.82, 2.24) is 35.6 Å². The molecule has 2 atom stereocenters. The Bertz CT molecular complexity index is 1930. The first kappa shape index (κ1) is 28.0. The Morgan fingerprint density at radius 1 is 0.933 bits per heavy atom. The number of hydrogen-bond donors (Lipinski definition) is 2. The zero-order chi connectivity index (χ0) is 30.9. The van der Waals surface area contributed by atoms with E-state index in [0.717, 1.165) is 5.56 Å². The van der Waals surface area contributed by atoms with Crippen molar-refractivity contribution in [2.45, 2.75) is 18.7 Å². The minimum Gasteiger partial charge on any atom is -0.486 e. The molecule has 0 radical (unpaired) electrons. The third kappa shape index (κ3) is 5.87. The van der Waals surface area contributed by atoms with Gasteiger partial charge in [-0.25, -0.2) is 4.39 Å². The van der Waals surface area contributed by atoms with Gasteiger partial charge in [-0.05, 0) is 75.6 Å². The number of halogens is 1. The van der Waals surface area contributed by atoms with Gasteiger partial charge in [-0.1, -0.05) is 30.3 Å². The van der Waals surface area contributed by atoms with Crippen LogP contribution >= 0.6 is 0 Å². The van der Waals surface area contributed by atoms with E-state index in [9.17, 15) is 14.4 Å². The van der Waals surface area contributed by atoms with E-state index in [4.69, 9.17) is 9.47 Å². The first-order valence-corrected chi connectivity index (χ1v) is 14.2. The lowest BCUT2D eigenvalue weighted by molar-refractivity contribution is -0.123. The first-order valence-electron chi connectivity index (χ1n) is 14.2. The predicted octanol–water partition coefficient (Wildman–Crippen LogP) is 2.64. The molecule has 3 aromatic carbocycles. The van der Waals surface area contributed by atoms with Crippen molar-refractivity contribution >= 4 is 23.4 Å². The van der Waals surface area contributed by atoms with Gasteiger partial charge in [0.25, 0.3) is 17.7 Å². The maximum atomic E-state index is 15.1. The number of fused-ring (bicyclic) bond motifs is 8. The molecule has 3 amide bonds. The SMILES string of the molecule is O=C1COc2cccc(c2)-c2ccc(F)c(c2)C(=O)N[C@H]2CN(C(=O)c3ccc4nnnn4c3)C[C@@H]2Oc2ccc(cc2)CN1. The van der Waals surface area contributed by atoms with Crippen LogP contribution in [0.3, 0.4) is 0 Å². The van der Waals surface area contributed by atoms with Crippen molar-refractivity contribution in [2.24, 2.45) is 0 Å². The van der Waals surface area contributed by atoms with E-state index >= 15 is 4.39 Å². The second kappa shape index (κ2) is 11.7. The van der Waals surface area contributed by atoms with Crippen LogP contribution in [0.2, 0.25) is 0 Å². The third-order valence-corrected chi connectivity index (χ3v) is 7.76. The minimum atomic E-state index is -0.698. The maximum Gasteiger partial charge on any atom is 0.258 e. The Morgan fingerprint density at radius 2 is 1.78 bits per heavy atom. The highest BCUT2D eigenvalue weighted by atomic mass is 19.1. The number of benzene rings is 3. The van der Waals surface area contributed by atoms with E-state index < -0.39 is 23.9 Å². The topological polar surface area (TPSA) is 140 Å². The van der Waals surface area contributed by atoms with Crippen LogP contribution in [0.4, 0.5) is 4.39 Å². The van der Waals surface area contributed by atoms with E-state index in [1.807, 2.05) is 12.1 Å². The lowest BCUT2D eigenvalue weighted by Gasteiger charge is -2.21. The van der Waals surface area contributed by atoms with Crippen LogP contribution in [0.5, 0.6) is 11.5 Å². The van der Waals surface area contributed by atoms with Crippen molar-refractivity contribution in [3.05, 3.63) is 108 Å². The lowest BCUT2D eigenvalue weighted by Crippen LogP contribution is -2.45. The van der Waals surface area contributed by atoms with Gasteiger partial charge in [0.15, 0.2) is 12.3 Å². The number of rotatable bonds is 1. The minimum absolute atomic E-state index is 0.119. The van der Waals surface area contributed by atoms with E-state index in [1.165, 1.54) is 22.8 Å². The number of carbonyl (C=O) groups excluding carboxylic acids is 3. The normalized spacial score (nSPS) is 18.4. The lowest BCUT2D eigenvalue weighted by atomic mass is 10.0. The van der Waals surface area contributed by atoms with Crippen LogP contribution < -0.4 is 20.1 Å². The van der Waals surface area contributed by atoms with Crippen molar-refractivity contribution in [3.63, 3.8) is 0 Å². The molecule has 5 aromatic rings. The number of nitrogens with zero attached hydrogens (tertiary/aromatic N) is 5. The molecule has 45 heavy (non-hydrogen) atoms. The summed E-state index contributed by atoms with van der Waals surface area (Å²) in [5, 5.41) is 17.1. The number of nitrogens with one attached hydrogen (secondary N) is 2. The molecule has 13 heteroatoms. The van der Waals surface area contributed by atoms with Crippen LogP contribution in [0, 0.1) is 5.82 Å². The molecule has 0 unspecified atom stereocenters. The van der Waals surface area contributed by atoms with E-state index in [0.29, 0.717) is 33.8 Å². The summed E-state index contributed by atoms with van der Waals surface area (Å²) in [6.07, 6.45) is 0.889. The number of hydrogen-bond acceptors (Lipinski definition) is 8. The molecule has 2 aromatic heterocycles. The van der Waals surface area contributed by atoms with Gasteiger partial charge in [-0.2, -0.15) is 4.52 Å². The van der Waals surface area contributed by atoms with E-state index in [1.54, 1.807) is 59.5 Å². The summed E-state index contributed by atoms with van der Waals surface area (Å²) in [5.41, 5.74) is 2.78. The van der Waals surface area contributed by atoms with Gasteiger partial charge in [0.05, 0.1) is 23.7 Å². The number of likely N-dealkylation sites (tertiary alicyclic amines) is 1. The van der Waals surface area contributed by atoms with Gasteiger partial charge in [0.1, 0.15) is 23.4 Å². The van der Waals surface area contributed by atoms with E-state index in [2.05, 4.69) is 26.2 Å². The third-order valence-electron chi connectivity index (χ3n) is 7.76. The van der Waals surface area contributed by atoms with Gasteiger partial charge >= 0.3 is 0 Å². The van der Waals surface area contributed by atoms with Crippen LogP contribution in [0.1, 0.15) is 26.3 Å². The summed E-state index contributed by atoms with van der Waals surface area (Å²) in [5.74, 6) is -0.990. The molecule has 3 aliphatic heterocycles. The molecule has 1 fully saturated rings. The molecular formula is C32H26FN7O5. The summed E-state index contributed by atoms with van der Waals surface area (Å²) in [6, 6.07) is 21.0. The Kier molecular flexibility index (Phi) is 7.25. The van der Waals surface area contributed by atoms with Crippen LogP contribution in [0.25, 0.3) is 16.8 Å². The van der Waals surface area contributed by atoms with Crippen LogP contribution in [0.15, 0.2) is 85.1 Å². The Morgan fingerprint density at radius 3 is 2.64 bits per heavy atom. The molecule has 226 valence electrons. The summed E-state index contributed by atoms with van der Waals surface area (Å²) in [4.78, 5) is 41.1. The molecule has 6 bridgehead atoms. The van der Waals surface area contributed by atoms with Crippen LogP contribution in [-0.2, 0) is 11.3 Å². The van der Waals surface area contributed by atoms with Crippen molar-refractivity contribution in [3.8, 4) is 22.6 Å². The number of carbonyl (C=O) groups is 3. The van der Waals surface area contributed by atoms with Crippen LogP contribution in [-0.4, -0.2) is 74.5 Å². The van der Waals surface area contributed by atoms with Crippen molar-refractivity contribution in [2.75, 3.05) is 19.7 Å². The Hall–Kier alpha value is -5.85. The van der Waals surface area contributed by atoms with Gasteiger partial charge in [-0.15, -0.1) is 5.10 Å². The molecule has 0 saturated carbocycles. The quantitative estimate of drug-likeness (QED) is 0.297. The molecule has 8 rings (SSSR count). The summed E-state index contributed by atoms with van der Waals surface area (Å²) in [6.45, 7) is 0.374. The van der Waals surface area contributed by atoms with Gasteiger partial charge in [0.2, 0.25) is 0 Å². The predicted molar refractivity (Wildman–Crippen MR) is 158 cm³/mol. The second-order valence-electron chi connectivity index (χ2n) is 10.8. The molecular weight excluding hydrogens is 581 g/mol. The van der Waals surface area contributed by atoms with Gasteiger partial charge in [0, 0.05) is 19.3 Å². The summed E-state index contributed by atoms with van der Waals surface area (Å²) >= 11 is 0. The fourth-order valence-electron chi connectivity index (χ4n) is 5.40. The zero-order valence-corrected chi connectivity index (χ0v) is 23.7. The Balaban J connectivity index is 1.21. The molecule has 0 aliphatic carbocycles. The largest absolute Gasteiger partial charge is 0.486 e. The smallest absolute Gasteiger partial charge is 0.258 e. The highest BCUT2D eigenvalue weighted by Crippen LogP contribution is 2.27. The number of amides is 3. The zero-order valence-electron chi connectivity index (χ0n) is 23.7. The monoisotopic (exact) mass is 607 g/mol. The second-order valence-corrected chi connectivity index (χ2v) is 10.8. The van der Waals surface area contributed by atoms with Gasteiger partial charge in [-0.3, -0.25) is 14.4 Å². The first-order chi connectivity index (χ1) is 21.9. The summed E-state index contributed by atoms with van der Waals surface area (Å²) in [7, 11) is 0. The average Bonchev–Trinajstić information content (AvgIpc) is 3.69. The number of tetrazole rings is 1. The number of pyridine rings is 1. The molecule has 5 heterocycles. The molecule has 3 aliphatic rings. The number of aromatic nitrogens is 4. The van der Waals surface area contributed by atoms with Crippen molar-refractivity contribution in [1.29, 1.82) is 0 Å². The maximum absolute atomic E-state index is 15.1. The van der Waals surface area contributed by atoms with Gasteiger partial charge < -0.3 is 25.0 Å². The highest BCUT2D eigenvalue weighted by Gasteiger charge is 2.39. The molecule has 1 saturated heterocycles. The van der Waals surface area contributed by atoms with E-state index in [-0.39, 0.29) is 43.6 Å². The molecule has 12 nitrogen and oxygen atoms in total. The van der Waals surface area contributed by atoms with Crippen molar-refractivity contribution < 1.29 is 28.2 Å². The fraction of sp³-hybridized carbons (Fsp3) is 0.188. The fourth-order valence-corrected chi connectivity index (χ4v) is 5.40. The average molecular weight is 608 g/mol. The number of ether oxygens (including phenoxy) is 2. The Labute approximate surface area is 255 Å².